The maximum Gasteiger partial charge on any atom is 0.236 e. The fourth-order valence-corrected chi connectivity index (χ4v) is 4.28. The summed E-state index contributed by atoms with van der Waals surface area (Å²) in [5.41, 5.74) is 0.814. The lowest BCUT2D eigenvalue weighted by Crippen LogP contribution is -2.57. The predicted octanol–water partition coefficient (Wildman–Crippen LogP) is 1.08. The van der Waals surface area contributed by atoms with E-state index in [1.165, 1.54) is 0 Å². The molecule has 0 spiro atoms. The van der Waals surface area contributed by atoms with E-state index in [9.17, 15) is 9.59 Å². The van der Waals surface area contributed by atoms with E-state index in [-0.39, 0.29) is 24.3 Å². The van der Waals surface area contributed by atoms with Crippen LogP contribution in [0.3, 0.4) is 0 Å². The Bertz CT molecular complexity index is 742. The Morgan fingerprint density at radius 1 is 1.26 bits per heavy atom. The van der Waals surface area contributed by atoms with E-state index < -0.39 is 0 Å². The van der Waals surface area contributed by atoms with Crippen LogP contribution in [0.25, 0.3) is 0 Å². The molecular weight excluding hydrogens is 370 g/mol. The lowest BCUT2D eigenvalue weighted by atomic mass is 10.0. The highest BCUT2D eigenvalue weighted by Gasteiger charge is 2.31. The van der Waals surface area contributed by atoms with Crippen LogP contribution in [0.5, 0.6) is 11.5 Å². The van der Waals surface area contributed by atoms with Crippen LogP contribution in [-0.2, 0) is 16.0 Å². The van der Waals surface area contributed by atoms with E-state index in [4.69, 9.17) is 21.1 Å². The Morgan fingerprint density at radius 3 is 2.96 bits per heavy atom. The second kappa shape index (κ2) is 7.94. The summed E-state index contributed by atoms with van der Waals surface area (Å²) in [6.07, 6.45) is 2.12. The van der Waals surface area contributed by atoms with Crippen LogP contribution in [0.4, 0.5) is 0 Å². The van der Waals surface area contributed by atoms with Crippen LogP contribution in [0.2, 0.25) is 5.02 Å². The monoisotopic (exact) mass is 393 g/mol. The van der Waals surface area contributed by atoms with Gasteiger partial charge in [0, 0.05) is 32.2 Å². The largest absolute Gasteiger partial charge is 0.486 e. The van der Waals surface area contributed by atoms with E-state index in [0.29, 0.717) is 49.4 Å². The molecule has 0 aromatic heterocycles. The first-order chi connectivity index (χ1) is 13.1. The van der Waals surface area contributed by atoms with Crippen LogP contribution in [0.1, 0.15) is 18.4 Å². The minimum atomic E-state index is 0.0510. The molecule has 1 atom stereocenters. The molecule has 2 saturated heterocycles. The normalized spacial score (nSPS) is 22.7. The van der Waals surface area contributed by atoms with E-state index >= 15 is 0 Å². The van der Waals surface area contributed by atoms with Gasteiger partial charge in [0.1, 0.15) is 13.2 Å². The second-order valence-corrected chi connectivity index (χ2v) is 7.59. The van der Waals surface area contributed by atoms with Crippen molar-refractivity contribution in [2.45, 2.75) is 25.3 Å². The molecule has 4 rings (SSSR count). The van der Waals surface area contributed by atoms with E-state index in [0.717, 1.165) is 31.5 Å². The van der Waals surface area contributed by atoms with E-state index in [1.54, 1.807) is 6.07 Å². The first kappa shape index (κ1) is 18.4. The number of amides is 2. The van der Waals surface area contributed by atoms with Crippen molar-refractivity contribution < 1.29 is 19.1 Å². The Kier molecular flexibility index (Phi) is 5.41. The number of halogens is 1. The third-order valence-electron chi connectivity index (χ3n) is 5.33. The van der Waals surface area contributed by atoms with Crippen LogP contribution in [-0.4, -0.2) is 73.6 Å². The van der Waals surface area contributed by atoms with Crippen molar-refractivity contribution in [3.8, 4) is 11.5 Å². The number of benzene rings is 1. The molecule has 1 N–H and O–H groups in total. The van der Waals surface area contributed by atoms with Crippen molar-refractivity contribution >= 4 is 23.4 Å². The quantitative estimate of drug-likeness (QED) is 0.832. The lowest BCUT2D eigenvalue weighted by Gasteiger charge is -2.41. The average Bonchev–Trinajstić information content (AvgIpc) is 2.68. The van der Waals surface area contributed by atoms with Gasteiger partial charge in [-0.25, -0.2) is 0 Å². The van der Waals surface area contributed by atoms with Gasteiger partial charge in [0.2, 0.25) is 11.8 Å². The molecule has 8 heteroatoms. The van der Waals surface area contributed by atoms with Crippen LogP contribution < -0.4 is 14.8 Å². The van der Waals surface area contributed by atoms with Crippen molar-refractivity contribution in [3.05, 3.63) is 22.7 Å². The minimum Gasteiger partial charge on any atom is -0.486 e. The zero-order valence-electron chi connectivity index (χ0n) is 15.2. The number of hydrogen-bond donors (Lipinski definition) is 1. The molecule has 0 radical (unpaired) electrons. The highest BCUT2D eigenvalue weighted by atomic mass is 35.5. The van der Waals surface area contributed by atoms with E-state index in [1.807, 2.05) is 15.9 Å². The first-order valence-corrected chi connectivity index (χ1v) is 9.85. The third-order valence-corrected chi connectivity index (χ3v) is 5.61. The number of rotatable bonds is 3. The predicted molar refractivity (Wildman–Crippen MR) is 100 cm³/mol. The Morgan fingerprint density at radius 2 is 2.11 bits per heavy atom. The number of piperazine rings is 1. The summed E-state index contributed by atoms with van der Waals surface area (Å²) in [6, 6.07) is 3.72. The molecule has 3 heterocycles. The van der Waals surface area contributed by atoms with Gasteiger partial charge in [-0.3, -0.25) is 9.59 Å². The number of likely N-dealkylation sites (tertiary alicyclic amines) is 1. The Labute approximate surface area is 163 Å². The van der Waals surface area contributed by atoms with Crippen LogP contribution in [0, 0.1) is 0 Å². The SMILES string of the molecule is O=C(Cc1cc(Cl)c2c(c1)OCCO2)N1CCCC(N2CCNCC2=O)C1. The van der Waals surface area contributed by atoms with Gasteiger partial charge in [-0.1, -0.05) is 11.6 Å². The number of carbonyl (C=O) groups excluding carboxylic acids is 2. The second-order valence-electron chi connectivity index (χ2n) is 7.18. The summed E-state index contributed by atoms with van der Waals surface area (Å²) in [6.45, 7) is 4.20. The molecule has 146 valence electrons. The summed E-state index contributed by atoms with van der Waals surface area (Å²) in [5.74, 6) is 1.32. The summed E-state index contributed by atoms with van der Waals surface area (Å²) in [7, 11) is 0. The fourth-order valence-electron chi connectivity index (χ4n) is 4.00. The highest BCUT2D eigenvalue weighted by Crippen LogP contribution is 2.38. The number of fused-ring (bicyclic) bond motifs is 1. The molecule has 0 saturated carbocycles. The number of ether oxygens (including phenoxy) is 2. The molecule has 1 unspecified atom stereocenters. The van der Waals surface area contributed by atoms with Crippen molar-refractivity contribution in [3.63, 3.8) is 0 Å². The smallest absolute Gasteiger partial charge is 0.236 e. The average molecular weight is 394 g/mol. The van der Waals surface area contributed by atoms with Crippen molar-refractivity contribution in [2.75, 3.05) is 45.9 Å². The number of hydrogen-bond acceptors (Lipinski definition) is 5. The number of nitrogens with one attached hydrogen (secondary N) is 1. The molecule has 0 aliphatic carbocycles. The van der Waals surface area contributed by atoms with Gasteiger partial charge < -0.3 is 24.6 Å². The first-order valence-electron chi connectivity index (χ1n) is 9.48. The van der Waals surface area contributed by atoms with Gasteiger partial charge in [0.25, 0.3) is 0 Å². The zero-order chi connectivity index (χ0) is 18.8. The van der Waals surface area contributed by atoms with Gasteiger partial charge >= 0.3 is 0 Å². The van der Waals surface area contributed by atoms with Gasteiger partial charge in [0.15, 0.2) is 11.5 Å². The topological polar surface area (TPSA) is 71.1 Å². The fraction of sp³-hybridized carbons (Fsp3) is 0.579. The summed E-state index contributed by atoms with van der Waals surface area (Å²) >= 11 is 6.28. The number of nitrogens with zero attached hydrogens (tertiary/aromatic N) is 2. The summed E-state index contributed by atoms with van der Waals surface area (Å²) in [5, 5.41) is 3.56. The molecule has 3 aliphatic rings. The van der Waals surface area contributed by atoms with Crippen LogP contribution in [0.15, 0.2) is 12.1 Å². The van der Waals surface area contributed by atoms with Crippen LogP contribution >= 0.6 is 11.6 Å². The summed E-state index contributed by atoms with van der Waals surface area (Å²) < 4.78 is 11.1. The molecule has 27 heavy (non-hydrogen) atoms. The maximum atomic E-state index is 12.9. The molecule has 0 bridgehead atoms. The van der Waals surface area contributed by atoms with E-state index in [2.05, 4.69) is 5.32 Å². The molecular formula is C19H24ClN3O4. The maximum absolute atomic E-state index is 12.9. The Balaban J connectivity index is 1.42. The molecule has 1 aromatic rings. The van der Waals surface area contributed by atoms with Crippen molar-refractivity contribution in [1.82, 2.24) is 15.1 Å². The molecule has 2 amide bonds. The van der Waals surface area contributed by atoms with Gasteiger partial charge in [-0.15, -0.1) is 0 Å². The third kappa shape index (κ3) is 3.99. The highest BCUT2D eigenvalue weighted by molar-refractivity contribution is 6.32. The zero-order valence-corrected chi connectivity index (χ0v) is 16.0. The van der Waals surface area contributed by atoms with Gasteiger partial charge in [0.05, 0.1) is 18.0 Å². The van der Waals surface area contributed by atoms with Crippen molar-refractivity contribution in [1.29, 1.82) is 0 Å². The number of carbonyl (C=O) groups is 2. The standard InChI is InChI=1S/C19H24ClN3O4/c20-15-8-13(9-16-19(15)27-7-6-26-16)10-17(24)22-4-1-2-14(12-22)23-5-3-21-11-18(23)25/h8-9,14,21H,1-7,10-12H2. The molecule has 3 aliphatic heterocycles. The lowest BCUT2D eigenvalue weighted by molar-refractivity contribution is -0.140. The van der Waals surface area contributed by atoms with Gasteiger partial charge in [-0.05, 0) is 30.5 Å². The summed E-state index contributed by atoms with van der Waals surface area (Å²) in [4.78, 5) is 28.8. The minimum absolute atomic E-state index is 0.0510. The Hall–Kier alpha value is -1.99. The van der Waals surface area contributed by atoms with Gasteiger partial charge in [-0.2, -0.15) is 0 Å². The molecule has 7 nitrogen and oxygen atoms in total. The molecule has 1 aromatic carbocycles. The molecule has 2 fully saturated rings. The van der Waals surface area contributed by atoms with Crippen molar-refractivity contribution in [2.24, 2.45) is 0 Å². The number of piperidine rings is 1.